The van der Waals surface area contributed by atoms with Crippen LogP contribution < -0.4 is 10.2 Å². The van der Waals surface area contributed by atoms with Crippen molar-refractivity contribution in [3.8, 4) is 0 Å². The van der Waals surface area contributed by atoms with Gasteiger partial charge in [-0.2, -0.15) is 0 Å². The molecule has 3 heterocycles. The Bertz CT molecular complexity index is 912. The average molecular weight is 485 g/mol. The highest BCUT2D eigenvalue weighted by molar-refractivity contribution is 5.99. The van der Waals surface area contributed by atoms with Gasteiger partial charge in [-0.05, 0) is 43.7 Å². The maximum Gasteiger partial charge on any atom is 0.251 e. The van der Waals surface area contributed by atoms with Gasteiger partial charge in [0.25, 0.3) is 5.91 Å². The molecule has 5 atom stereocenters. The van der Waals surface area contributed by atoms with E-state index in [4.69, 9.17) is 4.74 Å². The first-order chi connectivity index (χ1) is 16.8. The van der Waals surface area contributed by atoms with Gasteiger partial charge in [-0.3, -0.25) is 14.4 Å². The quantitative estimate of drug-likeness (QED) is 0.609. The van der Waals surface area contributed by atoms with Gasteiger partial charge in [-0.25, -0.2) is 0 Å². The van der Waals surface area contributed by atoms with Crippen LogP contribution in [0.5, 0.6) is 0 Å². The molecular formula is C27H40N4O4. The van der Waals surface area contributed by atoms with Gasteiger partial charge in [-0.15, -0.1) is 0 Å². The largest absolute Gasteiger partial charge is 0.369 e. The summed E-state index contributed by atoms with van der Waals surface area (Å²) < 4.78 is 5.78. The van der Waals surface area contributed by atoms with Gasteiger partial charge in [0.2, 0.25) is 5.91 Å². The summed E-state index contributed by atoms with van der Waals surface area (Å²) in [6, 6.07) is 6.42. The number of carbonyl (C=O) groups is 3. The van der Waals surface area contributed by atoms with Crippen LogP contribution >= 0.6 is 0 Å². The maximum atomic E-state index is 13.7. The topological polar surface area (TPSA) is 82.2 Å². The van der Waals surface area contributed by atoms with Gasteiger partial charge in [0, 0.05) is 49.9 Å². The molecule has 8 nitrogen and oxygen atoms in total. The van der Waals surface area contributed by atoms with Crippen molar-refractivity contribution in [3.63, 3.8) is 0 Å². The van der Waals surface area contributed by atoms with E-state index in [1.165, 1.54) is 0 Å². The van der Waals surface area contributed by atoms with Crippen LogP contribution in [0.1, 0.15) is 50.4 Å². The predicted octanol–water partition coefficient (Wildman–Crippen LogP) is 2.18. The summed E-state index contributed by atoms with van der Waals surface area (Å²) >= 11 is 0. The smallest absolute Gasteiger partial charge is 0.251 e. The number of amides is 2. The number of benzene rings is 1. The van der Waals surface area contributed by atoms with Gasteiger partial charge in [-0.1, -0.05) is 33.6 Å². The number of rotatable bonds is 8. The van der Waals surface area contributed by atoms with Crippen molar-refractivity contribution >= 4 is 23.3 Å². The average Bonchev–Trinajstić information content (AvgIpc) is 3.43. The summed E-state index contributed by atoms with van der Waals surface area (Å²) in [7, 11) is 2.13. The second-order valence-corrected chi connectivity index (χ2v) is 10.4. The van der Waals surface area contributed by atoms with Crippen molar-refractivity contribution in [2.45, 2.75) is 58.2 Å². The zero-order valence-electron chi connectivity index (χ0n) is 21.5. The van der Waals surface area contributed by atoms with E-state index in [0.717, 1.165) is 51.1 Å². The molecule has 35 heavy (non-hydrogen) atoms. The van der Waals surface area contributed by atoms with Crippen LogP contribution in [0, 0.1) is 11.8 Å². The first-order valence-corrected chi connectivity index (χ1v) is 13.1. The third-order valence-electron chi connectivity index (χ3n) is 8.00. The summed E-state index contributed by atoms with van der Waals surface area (Å²) in [6.07, 6.45) is 2.41. The van der Waals surface area contributed by atoms with Crippen LogP contribution in [0.4, 0.5) is 5.69 Å². The van der Waals surface area contributed by atoms with E-state index in [-0.39, 0.29) is 42.1 Å². The number of piperazine rings is 1. The molecule has 3 aliphatic heterocycles. The molecule has 192 valence electrons. The van der Waals surface area contributed by atoms with Crippen LogP contribution in [0.15, 0.2) is 24.3 Å². The normalized spacial score (nSPS) is 26.5. The second-order valence-electron chi connectivity index (χ2n) is 10.4. The lowest BCUT2D eigenvalue weighted by atomic mass is 9.96. The third-order valence-corrected chi connectivity index (χ3v) is 8.00. The Morgan fingerprint density at radius 2 is 1.80 bits per heavy atom. The molecule has 0 bridgehead atoms. The predicted molar refractivity (Wildman–Crippen MR) is 136 cm³/mol. The Balaban J connectivity index is 1.46. The molecule has 0 radical (unpaired) electrons. The van der Waals surface area contributed by atoms with Crippen molar-refractivity contribution in [2.24, 2.45) is 11.8 Å². The van der Waals surface area contributed by atoms with E-state index in [1.54, 1.807) is 4.90 Å². The lowest BCUT2D eigenvalue weighted by Crippen LogP contribution is -2.54. The van der Waals surface area contributed by atoms with Gasteiger partial charge in [0.15, 0.2) is 5.78 Å². The van der Waals surface area contributed by atoms with Crippen LogP contribution in [-0.4, -0.2) is 92.0 Å². The second kappa shape index (κ2) is 11.1. The Morgan fingerprint density at radius 1 is 1.11 bits per heavy atom. The van der Waals surface area contributed by atoms with E-state index < -0.39 is 12.1 Å². The number of Topliss-reactive ketones (excluding diaryl/α,β-unsaturated/α-hetero) is 1. The van der Waals surface area contributed by atoms with Crippen LogP contribution in [0.3, 0.4) is 0 Å². The van der Waals surface area contributed by atoms with E-state index in [0.29, 0.717) is 12.1 Å². The summed E-state index contributed by atoms with van der Waals surface area (Å²) in [5.74, 6) is -0.360. The summed E-state index contributed by atoms with van der Waals surface area (Å²) in [5, 5.41) is 3.00. The monoisotopic (exact) mass is 484 g/mol. The number of anilines is 1. The maximum absolute atomic E-state index is 13.7. The highest BCUT2D eigenvalue weighted by Crippen LogP contribution is 2.35. The van der Waals surface area contributed by atoms with E-state index in [9.17, 15) is 14.4 Å². The number of likely N-dealkylation sites (tertiary alicyclic amines) is 1. The van der Waals surface area contributed by atoms with Crippen LogP contribution in [0.25, 0.3) is 0 Å². The number of ether oxygens (including phenoxy) is 1. The molecule has 1 N–H and O–H groups in total. The molecule has 3 saturated heterocycles. The Kier molecular flexibility index (Phi) is 8.12. The van der Waals surface area contributed by atoms with Crippen molar-refractivity contribution in [2.75, 3.05) is 51.3 Å². The molecule has 1 aromatic rings. The molecule has 0 spiro atoms. The van der Waals surface area contributed by atoms with Crippen molar-refractivity contribution < 1.29 is 19.1 Å². The Hall–Kier alpha value is -2.45. The van der Waals surface area contributed by atoms with E-state index in [2.05, 4.69) is 29.1 Å². The summed E-state index contributed by atoms with van der Waals surface area (Å²) in [5.41, 5.74) is 1.64. The molecule has 0 saturated carbocycles. The van der Waals surface area contributed by atoms with Crippen molar-refractivity contribution in [3.05, 3.63) is 29.8 Å². The van der Waals surface area contributed by atoms with Gasteiger partial charge in [0.1, 0.15) is 18.7 Å². The van der Waals surface area contributed by atoms with Crippen LogP contribution in [0.2, 0.25) is 0 Å². The highest BCUT2D eigenvalue weighted by Gasteiger charge is 2.52. The minimum Gasteiger partial charge on any atom is -0.369 e. The molecule has 0 unspecified atom stereocenters. The number of hydrogen-bond acceptors (Lipinski definition) is 6. The van der Waals surface area contributed by atoms with Crippen molar-refractivity contribution in [1.82, 2.24) is 15.1 Å². The highest BCUT2D eigenvalue weighted by atomic mass is 16.5. The standard InChI is InChI=1S/C27H40N4O4/c1-5-7-20-16-31(24-22(32)17-35-25(20)24)27(34)23(18(3)6-2)28-26(33)19-8-10-21(11-9-19)30-14-12-29(4)13-15-30/h8-11,18,20,23-25H,5-7,12-17H2,1-4H3,(H,28,33)/t18-,20+,23-,24+,25+/m0/s1. The zero-order valence-corrected chi connectivity index (χ0v) is 21.5. The number of fused-ring (bicyclic) bond motifs is 1. The third kappa shape index (κ3) is 5.38. The number of carbonyl (C=O) groups excluding carboxylic acids is 3. The lowest BCUT2D eigenvalue weighted by Gasteiger charge is -2.34. The fourth-order valence-corrected chi connectivity index (χ4v) is 5.58. The Morgan fingerprint density at radius 3 is 2.43 bits per heavy atom. The minimum atomic E-state index is -0.681. The molecule has 0 aliphatic carbocycles. The minimum absolute atomic E-state index is 0.0318. The number of nitrogens with zero attached hydrogens (tertiary/aromatic N) is 3. The number of hydrogen-bond donors (Lipinski definition) is 1. The fraction of sp³-hybridized carbons (Fsp3) is 0.667. The molecule has 2 amide bonds. The van der Waals surface area contributed by atoms with E-state index in [1.807, 2.05) is 38.1 Å². The van der Waals surface area contributed by atoms with Gasteiger partial charge < -0.3 is 24.8 Å². The van der Waals surface area contributed by atoms with E-state index >= 15 is 0 Å². The molecule has 3 aliphatic rings. The first kappa shape index (κ1) is 25.6. The van der Waals surface area contributed by atoms with Gasteiger partial charge >= 0.3 is 0 Å². The molecule has 8 heteroatoms. The molecule has 0 aromatic heterocycles. The van der Waals surface area contributed by atoms with Gasteiger partial charge in [0.05, 0.1) is 6.10 Å². The lowest BCUT2D eigenvalue weighted by molar-refractivity contribution is -0.139. The fourth-order valence-electron chi connectivity index (χ4n) is 5.58. The first-order valence-electron chi connectivity index (χ1n) is 13.1. The molecule has 4 rings (SSSR count). The van der Waals surface area contributed by atoms with Crippen molar-refractivity contribution in [1.29, 1.82) is 0 Å². The molecule has 1 aromatic carbocycles. The summed E-state index contributed by atoms with van der Waals surface area (Å²) in [6.45, 7) is 10.6. The molecular weight excluding hydrogens is 444 g/mol. The number of ketones is 1. The van der Waals surface area contributed by atoms with Crippen LogP contribution in [-0.2, 0) is 14.3 Å². The number of likely N-dealkylation sites (N-methyl/N-ethyl adjacent to an activating group) is 1. The zero-order chi connectivity index (χ0) is 25.1. The Labute approximate surface area is 209 Å². The SMILES string of the molecule is CCC[C@@H]1CN(C(=O)[C@@H](NC(=O)c2ccc(N3CCN(C)CC3)cc2)[C@@H](C)CC)[C@@H]2C(=O)CO[C@H]12. The number of nitrogens with one attached hydrogen (secondary N) is 1. The summed E-state index contributed by atoms with van der Waals surface area (Å²) in [4.78, 5) is 45.8. The molecule has 3 fully saturated rings.